The molecule has 0 aliphatic heterocycles. The highest BCUT2D eigenvalue weighted by molar-refractivity contribution is 5.82. The molecule has 0 saturated carbocycles. The van der Waals surface area contributed by atoms with Crippen molar-refractivity contribution in [2.45, 2.75) is 12.6 Å². The van der Waals surface area contributed by atoms with E-state index in [0.29, 0.717) is 11.3 Å². The minimum atomic E-state index is -1.26. The van der Waals surface area contributed by atoms with E-state index in [2.05, 4.69) is 10.4 Å². The first-order valence-corrected chi connectivity index (χ1v) is 7.86. The van der Waals surface area contributed by atoms with Gasteiger partial charge in [-0.05, 0) is 35.4 Å². The van der Waals surface area contributed by atoms with Gasteiger partial charge < -0.3 is 15.2 Å². The zero-order valence-corrected chi connectivity index (χ0v) is 13.8. The molecule has 0 radical (unpaired) electrons. The van der Waals surface area contributed by atoms with Crippen LogP contribution in [0.15, 0.2) is 67.0 Å². The molecule has 2 aromatic carbocycles. The van der Waals surface area contributed by atoms with E-state index < -0.39 is 12.0 Å². The molecule has 1 heterocycles. The second kappa shape index (κ2) is 7.63. The van der Waals surface area contributed by atoms with Crippen LogP contribution in [0.25, 0.3) is 5.69 Å². The number of aromatic nitrogens is 2. The first-order chi connectivity index (χ1) is 12.2. The number of methoxy groups -OCH3 is 1. The Morgan fingerprint density at radius 3 is 2.84 bits per heavy atom. The summed E-state index contributed by atoms with van der Waals surface area (Å²) in [5.74, 6) is 0.122. The fourth-order valence-electron chi connectivity index (χ4n) is 2.54. The maximum Gasteiger partial charge on any atom is 0.253 e. The molecule has 1 amide bonds. The van der Waals surface area contributed by atoms with Crippen LogP contribution in [0, 0.1) is 0 Å². The average Bonchev–Trinajstić information content (AvgIpc) is 3.20. The summed E-state index contributed by atoms with van der Waals surface area (Å²) in [6, 6.07) is 16.3. The van der Waals surface area contributed by atoms with Crippen LogP contribution >= 0.6 is 0 Å². The number of carbonyl (C=O) groups is 1. The molecule has 3 rings (SSSR count). The quantitative estimate of drug-likeness (QED) is 0.723. The number of hydrogen-bond acceptors (Lipinski definition) is 4. The van der Waals surface area contributed by atoms with Crippen LogP contribution in [0.5, 0.6) is 5.75 Å². The summed E-state index contributed by atoms with van der Waals surface area (Å²) in [6.45, 7) is 0.288. The van der Waals surface area contributed by atoms with Gasteiger partial charge in [0.2, 0.25) is 0 Å². The molecule has 3 aromatic rings. The lowest BCUT2D eigenvalue weighted by Gasteiger charge is -2.14. The lowest BCUT2D eigenvalue weighted by molar-refractivity contribution is -0.129. The minimum Gasteiger partial charge on any atom is -0.497 e. The van der Waals surface area contributed by atoms with Gasteiger partial charge in [-0.25, -0.2) is 4.68 Å². The number of benzene rings is 2. The van der Waals surface area contributed by atoms with E-state index in [1.165, 1.54) is 7.11 Å². The molecule has 0 bridgehead atoms. The van der Waals surface area contributed by atoms with Crippen molar-refractivity contribution < 1.29 is 14.6 Å². The van der Waals surface area contributed by atoms with Crippen LogP contribution in [0.4, 0.5) is 0 Å². The van der Waals surface area contributed by atoms with Crippen molar-refractivity contribution in [3.63, 3.8) is 0 Å². The maximum absolute atomic E-state index is 12.3. The second-order valence-corrected chi connectivity index (χ2v) is 5.48. The standard InChI is InChI=1S/C19H19N3O3/c1-25-16-8-4-7-14(12-16)18(23)19(24)20-13-15-6-2-3-9-17(15)22-11-5-10-21-22/h2-12,18,23H,13H2,1H3,(H,20,24). The Morgan fingerprint density at radius 2 is 2.08 bits per heavy atom. The SMILES string of the molecule is COc1cccc(C(O)C(=O)NCc2ccccc2-n2cccn2)c1. The molecule has 0 fully saturated rings. The van der Waals surface area contributed by atoms with E-state index in [9.17, 15) is 9.90 Å². The Balaban J connectivity index is 1.70. The van der Waals surface area contributed by atoms with Crippen LogP contribution in [-0.4, -0.2) is 27.9 Å². The number of hydrogen-bond donors (Lipinski definition) is 2. The maximum atomic E-state index is 12.3. The molecule has 25 heavy (non-hydrogen) atoms. The summed E-state index contributed by atoms with van der Waals surface area (Å²) >= 11 is 0. The number of rotatable bonds is 6. The lowest BCUT2D eigenvalue weighted by Crippen LogP contribution is -2.29. The molecule has 1 aromatic heterocycles. The van der Waals surface area contributed by atoms with E-state index in [-0.39, 0.29) is 6.54 Å². The van der Waals surface area contributed by atoms with Crippen LogP contribution < -0.4 is 10.1 Å². The molecule has 0 saturated heterocycles. The van der Waals surface area contributed by atoms with Gasteiger partial charge in [0, 0.05) is 18.9 Å². The van der Waals surface area contributed by atoms with Gasteiger partial charge in [-0.1, -0.05) is 30.3 Å². The Kier molecular flexibility index (Phi) is 5.11. The smallest absolute Gasteiger partial charge is 0.253 e. The van der Waals surface area contributed by atoms with Gasteiger partial charge in [0.1, 0.15) is 5.75 Å². The summed E-state index contributed by atoms with van der Waals surface area (Å²) in [6.07, 6.45) is 2.28. The molecule has 6 nitrogen and oxygen atoms in total. The van der Waals surface area contributed by atoms with Gasteiger partial charge >= 0.3 is 0 Å². The molecule has 128 valence electrons. The average molecular weight is 337 g/mol. The molecular formula is C19H19N3O3. The predicted octanol–water partition coefficient (Wildman–Crippen LogP) is 2.23. The van der Waals surface area contributed by atoms with Crippen LogP contribution in [-0.2, 0) is 11.3 Å². The van der Waals surface area contributed by atoms with Crippen molar-refractivity contribution in [1.82, 2.24) is 15.1 Å². The monoisotopic (exact) mass is 337 g/mol. The molecule has 0 spiro atoms. The first-order valence-electron chi connectivity index (χ1n) is 7.86. The summed E-state index contributed by atoms with van der Waals surface area (Å²) < 4.78 is 6.85. The van der Waals surface area contributed by atoms with Crippen molar-refractivity contribution in [2.24, 2.45) is 0 Å². The molecule has 2 N–H and O–H groups in total. The van der Waals surface area contributed by atoms with Crippen LogP contribution in [0.3, 0.4) is 0 Å². The number of aliphatic hydroxyl groups is 1. The first kappa shape index (κ1) is 16.7. The summed E-state index contributed by atoms with van der Waals surface area (Å²) in [7, 11) is 1.54. The molecule has 0 aliphatic carbocycles. The van der Waals surface area contributed by atoms with Crippen molar-refractivity contribution in [1.29, 1.82) is 0 Å². The highest BCUT2D eigenvalue weighted by atomic mass is 16.5. The van der Waals surface area contributed by atoms with Gasteiger partial charge in [-0.15, -0.1) is 0 Å². The van der Waals surface area contributed by atoms with Crippen molar-refractivity contribution in [3.05, 3.63) is 78.1 Å². The highest BCUT2D eigenvalue weighted by Gasteiger charge is 2.18. The van der Waals surface area contributed by atoms with Crippen LogP contribution in [0.1, 0.15) is 17.2 Å². The molecular weight excluding hydrogens is 318 g/mol. The Bertz CT molecular complexity index is 847. The largest absolute Gasteiger partial charge is 0.497 e. The van der Waals surface area contributed by atoms with E-state index >= 15 is 0 Å². The zero-order valence-electron chi connectivity index (χ0n) is 13.8. The van der Waals surface area contributed by atoms with Gasteiger partial charge in [-0.3, -0.25) is 4.79 Å². The van der Waals surface area contributed by atoms with Crippen LogP contribution in [0.2, 0.25) is 0 Å². The third-order valence-electron chi connectivity index (χ3n) is 3.85. The lowest BCUT2D eigenvalue weighted by atomic mass is 10.1. The number of ether oxygens (including phenoxy) is 1. The summed E-state index contributed by atoms with van der Waals surface area (Å²) in [4.78, 5) is 12.3. The fourth-order valence-corrected chi connectivity index (χ4v) is 2.54. The van der Waals surface area contributed by atoms with Crippen molar-refractivity contribution in [3.8, 4) is 11.4 Å². The predicted molar refractivity (Wildman–Crippen MR) is 93.4 cm³/mol. The number of nitrogens with zero attached hydrogens (tertiary/aromatic N) is 2. The zero-order chi connectivity index (χ0) is 17.6. The third kappa shape index (κ3) is 3.87. The number of carbonyl (C=O) groups excluding carboxylic acids is 1. The highest BCUT2D eigenvalue weighted by Crippen LogP contribution is 2.19. The normalized spacial score (nSPS) is 11.8. The van der Waals surface area contributed by atoms with Gasteiger partial charge in [0.15, 0.2) is 6.10 Å². The van der Waals surface area contributed by atoms with E-state index in [0.717, 1.165) is 11.3 Å². The van der Waals surface area contributed by atoms with Gasteiger partial charge in [0.05, 0.1) is 12.8 Å². The Hall–Kier alpha value is -3.12. The van der Waals surface area contributed by atoms with Gasteiger partial charge in [-0.2, -0.15) is 5.10 Å². The van der Waals surface area contributed by atoms with E-state index in [4.69, 9.17) is 4.74 Å². The van der Waals surface area contributed by atoms with E-state index in [1.807, 2.05) is 36.5 Å². The minimum absolute atomic E-state index is 0.288. The third-order valence-corrected chi connectivity index (χ3v) is 3.85. The molecule has 6 heteroatoms. The topological polar surface area (TPSA) is 76.4 Å². The number of amides is 1. The second-order valence-electron chi connectivity index (χ2n) is 5.48. The van der Waals surface area contributed by atoms with E-state index in [1.54, 1.807) is 35.1 Å². The molecule has 0 aliphatic rings. The van der Waals surface area contributed by atoms with Crippen molar-refractivity contribution >= 4 is 5.91 Å². The number of aliphatic hydroxyl groups excluding tert-OH is 1. The molecule has 1 atom stereocenters. The number of para-hydroxylation sites is 1. The Labute approximate surface area is 145 Å². The van der Waals surface area contributed by atoms with Crippen molar-refractivity contribution in [2.75, 3.05) is 7.11 Å². The number of nitrogens with one attached hydrogen (secondary N) is 1. The van der Waals surface area contributed by atoms with Gasteiger partial charge in [0.25, 0.3) is 5.91 Å². The summed E-state index contributed by atoms with van der Waals surface area (Å²) in [5.41, 5.74) is 2.26. The summed E-state index contributed by atoms with van der Waals surface area (Å²) in [5, 5.41) is 17.2. The fraction of sp³-hybridized carbons (Fsp3) is 0.158. The molecule has 1 unspecified atom stereocenters. The Morgan fingerprint density at radius 1 is 1.24 bits per heavy atom.